The van der Waals surface area contributed by atoms with Crippen molar-refractivity contribution in [1.82, 2.24) is 25.2 Å². The van der Waals surface area contributed by atoms with Gasteiger partial charge in [-0.3, -0.25) is 9.59 Å². The van der Waals surface area contributed by atoms with Gasteiger partial charge in [0.05, 0.1) is 23.6 Å². The SMILES string of the molecule is C[C@@H](NC(=O)c1c[nH]c2ncc(C3CC3)nc12)C(=O)N1CCC(O)C1. The number of aromatic nitrogens is 3. The van der Waals surface area contributed by atoms with Gasteiger partial charge in [0.15, 0.2) is 5.65 Å². The van der Waals surface area contributed by atoms with Gasteiger partial charge in [-0.25, -0.2) is 9.97 Å². The zero-order valence-corrected chi connectivity index (χ0v) is 14.0. The summed E-state index contributed by atoms with van der Waals surface area (Å²) in [6.45, 7) is 2.49. The molecular weight excluding hydrogens is 322 g/mol. The number of likely N-dealkylation sites (tertiary alicyclic amines) is 1. The average molecular weight is 343 g/mol. The second kappa shape index (κ2) is 6.11. The number of aliphatic hydroxyl groups is 1. The second-order valence-electron chi connectivity index (χ2n) is 6.89. The third-order valence-electron chi connectivity index (χ3n) is 4.83. The van der Waals surface area contributed by atoms with Crippen LogP contribution < -0.4 is 5.32 Å². The fraction of sp³-hybridized carbons (Fsp3) is 0.529. The Balaban J connectivity index is 1.49. The molecular formula is C17H21N5O3. The van der Waals surface area contributed by atoms with E-state index in [0.29, 0.717) is 42.2 Å². The molecule has 4 rings (SSSR count). The van der Waals surface area contributed by atoms with Crippen LogP contribution in [0.2, 0.25) is 0 Å². The van der Waals surface area contributed by atoms with Crippen LogP contribution in [0.1, 0.15) is 48.2 Å². The number of aromatic amines is 1. The van der Waals surface area contributed by atoms with Crippen LogP contribution >= 0.6 is 0 Å². The van der Waals surface area contributed by atoms with E-state index < -0.39 is 12.1 Å². The second-order valence-corrected chi connectivity index (χ2v) is 6.89. The molecule has 2 fully saturated rings. The molecule has 2 amide bonds. The molecule has 8 nitrogen and oxygen atoms in total. The van der Waals surface area contributed by atoms with Gasteiger partial charge in [-0.2, -0.15) is 0 Å². The van der Waals surface area contributed by atoms with Gasteiger partial charge in [-0.15, -0.1) is 0 Å². The van der Waals surface area contributed by atoms with Gasteiger partial charge in [0.25, 0.3) is 5.91 Å². The molecule has 3 heterocycles. The summed E-state index contributed by atoms with van der Waals surface area (Å²) in [6, 6.07) is -0.665. The molecule has 2 aromatic heterocycles. The fourth-order valence-electron chi connectivity index (χ4n) is 3.21. The first-order chi connectivity index (χ1) is 12.0. The summed E-state index contributed by atoms with van der Waals surface area (Å²) >= 11 is 0. The number of nitrogens with one attached hydrogen (secondary N) is 2. The molecule has 1 saturated heterocycles. The van der Waals surface area contributed by atoms with E-state index in [2.05, 4.69) is 20.3 Å². The number of amides is 2. The van der Waals surface area contributed by atoms with Crippen LogP contribution in [0.15, 0.2) is 12.4 Å². The molecule has 1 aliphatic heterocycles. The first-order valence-electron chi connectivity index (χ1n) is 8.64. The van der Waals surface area contributed by atoms with Crippen LogP contribution in [0.5, 0.6) is 0 Å². The summed E-state index contributed by atoms with van der Waals surface area (Å²) in [5, 5.41) is 12.3. The Morgan fingerprint density at radius 2 is 2.20 bits per heavy atom. The predicted molar refractivity (Wildman–Crippen MR) is 90.0 cm³/mol. The molecule has 0 aromatic carbocycles. The number of rotatable bonds is 4. The molecule has 0 spiro atoms. The lowest BCUT2D eigenvalue weighted by Gasteiger charge is -2.21. The Kier molecular flexibility index (Phi) is 3.91. The number of aliphatic hydroxyl groups excluding tert-OH is 1. The molecule has 1 saturated carbocycles. The van der Waals surface area contributed by atoms with Gasteiger partial charge in [-0.05, 0) is 26.2 Å². The zero-order valence-electron chi connectivity index (χ0n) is 14.0. The quantitative estimate of drug-likeness (QED) is 0.750. The van der Waals surface area contributed by atoms with Crippen LogP contribution in [0, 0.1) is 0 Å². The number of carbonyl (C=O) groups is 2. The van der Waals surface area contributed by atoms with Crippen molar-refractivity contribution in [2.45, 2.75) is 44.2 Å². The van der Waals surface area contributed by atoms with Crippen LogP contribution in [-0.2, 0) is 4.79 Å². The highest BCUT2D eigenvalue weighted by atomic mass is 16.3. The molecule has 0 bridgehead atoms. The van der Waals surface area contributed by atoms with Crippen LogP contribution in [0.25, 0.3) is 11.2 Å². The van der Waals surface area contributed by atoms with Gasteiger partial charge >= 0.3 is 0 Å². The Morgan fingerprint density at radius 3 is 2.88 bits per heavy atom. The normalized spacial score (nSPS) is 21.5. The minimum absolute atomic E-state index is 0.186. The smallest absolute Gasteiger partial charge is 0.255 e. The largest absolute Gasteiger partial charge is 0.391 e. The Hall–Kier alpha value is -2.48. The molecule has 132 valence electrons. The highest BCUT2D eigenvalue weighted by Gasteiger charge is 2.30. The maximum Gasteiger partial charge on any atom is 0.255 e. The lowest BCUT2D eigenvalue weighted by atomic mass is 10.2. The fourth-order valence-corrected chi connectivity index (χ4v) is 3.21. The summed E-state index contributed by atoms with van der Waals surface area (Å²) in [5.74, 6) is -0.0895. The zero-order chi connectivity index (χ0) is 17.6. The molecule has 1 aliphatic carbocycles. The predicted octanol–water partition coefficient (Wildman–Crippen LogP) is 0.547. The number of hydrogen-bond acceptors (Lipinski definition) is 5. The highest BCUT2D eigenvalue weighted by molar-refractivity contribution is 6.05. The standard InChI is InChI=1S/C17H21N5O3/c1-9(17(25)22-5-4-11(23)8-22)20-16(24)12-6-18-15-14(12)21-13(7-19-15)10-2-3-10/h6-7,9-11,23H,2-5,8H2,1H3,(H,18,19)(H,20,24)/t9-,11?/m1/s1. The maximum atomic E-state index is 12.6. The van der Waals surface area contributed by atoms with E-state index >= 15 is 0 Å². The van der Waals surface area contributed by atoms with E-state index in [1.165, 1.54) is 0 Å². The molecule has 2 aliphatic rings. The highest BCUT2D eigenvalue weighted by Crippen LogP contribution is 2.39. The summed E-state index contributed by atoms with van der Waals surface area (Å²) in [4.78, 5) is 38.4. The minimum Gasteiger partial charge on any atom is -0.391 e. The van der Waals surface area contributed by atoms with Crippen molar-refractivity contribution in [3.05, 3.63) is 23.7 Å². The number of hydrogen-bond donors (Lipinski definition) is 3. The number of nitrogens with zero attached hydrogens (tertiary/aromatic N) is 3. The third kappa shape index (κ3) is 3.09. The topological polar surface area (TPSA) is 111 Å². The van der Waals surface area contributed by atoms with E-state index in [0.717, 1.165) is 18.5 Å². The van der Waals surface area contributed by atoms with E-state index in [9.17, 15) is 14.7 Å². The molecule has 3 N–H and O–H groups in total. The van der Waals surface area contributed by atoms with Crippen LogP contribution in [-0.4, -0.2) is 62.0 Å². The number of carbonyl (C=O) groups excluding carboxylic acids is 2. The maximum absolute atomic E-state index is 12.6. The van der Waals surface area contributed by atoms with E-state index in [-0.39, 0.29) is 11.8 Å². The number of β-amino-alcohol motifs (C(OH)–C–C–N with tert-alkyl or cyclic N) is 1. The summed E-state index contributed by atoms with van der Waals surface area (Å²) in [6.07, 6.45) is 5.65. The van der Waals surface area contributed by atoms with Gasteiger partial charge < -0.3 is 20.3 Å². The molecule has 25 heavy (non-hydrogen) atoms. The number of H-pyrrole nitrogens is 1. The van der Waals surface area contributed by atoms with Gasteiger partial charge in [0, 0.05) is 25.2 Å². The van der Waals surface area contributed by atoms with E-state index in [4.69, 9.17) is 0 Å². The minimum atomic E-state index is -0.665. The Morgan fingerprint density at radius 1 is 1.40 bits per heavy atom. The lowest BCUT2D eigenvalue weighted by Crippen LogP contribution is -2.46. The molecule has 0 radical (unpaired) electrons. The van der Waals surface area contributed by atoms with Crippen LogP contribution in [0.3, 0.4) is 0 Å². The third-order valence-corrected chi connectivity index (χ3v) is 4.83. The number of fused-ring (bicyclic) bond motifs is 1. The molecule has 2 aromatic rings. The summed E-state index contributed by atoms with van der Waals surface area (Å²) < 4.78 is 0. The Labute approximate surface area is 144 Å². The van der Waals surface area contributed by atoms with Crippen LogP contribution in [0.4, 0.5) is 0 Å². The van der Waals surface area contributed by atoms with Crippen molar-refractivity contribution in [3.63, 3.8) is 0 Å². The monoisotopic (exact) mass is 343 g/mol. The van der Waals surface area contributed by atoms with Gasteiger partial charge in [0.2, 0.25) is 5.91 Å². The van der Waals surface area contributed by atoms with Crippen molar-refractivity contribution in [3.8, 4) is 0 Å². The Bertz CT molecular complexity index is 829. The van der Waals surface area contributed by atoms with Gasteiger partial charge in [0.1, 0.15) is 11.6 Å². The van der Waals surface area contributed by atoms with Crippen molar-refractivity contribution in [1.29, 1.82) is 0 Å². The first kappa shape index (κ1) is 16.0. The van der Waals surface area contributed by atoms with Crippen molar-refractivity contribution >= 4 is 23.0 Å². The van der Waals surface area contributed by atoms with Gasteiger partial charge in [-0.1, -0.05) is 0 Å². The average Bonchev–Trinajstić information content (AvgIpc) is 3.22. The lowest BCUT2D eigenvalue weighted by molar-refractivity contribution is -0.132. The van der Waals surface area contributed by atoms with E-state index in [1.807, 2.05) is 0 Å². The van der Waals surface area contributed by atoms with Crippen molar-refractivity contribution in [2.75, 3.05) is 13.1 Å². The molecule has 2 atom stereocenters. The molecule has 1 unspecified atom stereocenters. The summed E-state index contributed by atoms with van der Waals surface area (Å²) in [5.41, 5.74) is 2.41. The van der Waals surface area contributed by atoms with Crippen molar-refractivity contribution < 1.29 is 14.7 Å². The summed E-state index contributed by atoms with van der Waals surface area (Å²) in [7, 11) is 0. The van der Waals surface area contributed by atoms with E-state index in [1.54, 1.807) is 24.2 Å². The molecule has 8 heteroatoms. The van der Waals surface area contributed by atoms with Crippen molar-refractivity contribution in [2.24, 2.45) is 0 Å². The first-order valence-corrected chi connectivity index (χ1v) is 8.64.